The van der Waals surface area contributed by atoms with Gasteiger partial charge in [-0.1, -0.05) is 0 Å². The highest BCUT2D eigenvalue weighted by Gasteiger charge is 2.20. The predicted octanol–water partition coefficient (Wildman–Crippen LogP) is 3.03. The van der Waals surface area contributed by atoms with Crippen LogP contribution in [-0.2, 0) is 0 Å². The van der Waals surface area contributed by atoms with Crippen LogP contribution in [-0.4, -0.2) is 22.0 Å². The molecule has 1 aliphatic rings. The van der Waals surface area contributed by atoms with Gasteiger partial charge >= 0.3 is 0 Å². The van der Waals surface area contributed by atoms with E-state index in [1.807, 2.05) is 25.1 Å². The van der Waals surface area contributed by atoms with Crippen molar-refractivity contribution >= 4 is 17.1 Å². The maximum atomic E-state index is 9.52. The van der Waals surface area contributed by atoms with Crippen LogP contribution >= 0.6 is 0 Å². The first-order valence-electron chi connectivity index (χ1n) is 6.11. The number of anilines is 1. The van der Waals surface area contributed by atoms with Crippen molar-refractivity contribution in [1.82, 2.24) is 0 Å². The molecule has 1 unspecified atom stereocenters. The van der Waals surface area contributed by atoms with Crippen molar-refractivity contribution in [2.24, 2.45) is 4.99 Å². The summed E-state index contributed by atoms with van der Waals surface area (Å²) in [7, 11) is 0. The van der Waals surface area contributed by atoms with Gasteiger partial charge < -0.3 is 15.5 Å². The first kappa shape index (κ1) is 11.6. The molecule has 1 aliphatic heterocycles. The van der Waals surface area contributed by atoms with E-state index in [0.717, 1.165) is 22.6 Å². The van der Waals surface area contributed by atoms with Crippen molar-refractivity contribution in [3.05, 3.63) is 48.0 Å². The van der Waals surface area contributed by atoms with Gasteiger partial charge in [-0.2, -0.15) is 0 Å². The van der Waals surface area contributed by atoms with Crippen LogP contribution in [0.15, 0.2) is 47.5 Å². The fraction of sp³-hybridized carbons (Fsp3) is 0.133. The van der Waals surface area contributed by atoms with Gasteiger partial charge in [-0.15, -0.1) is 0 Å². The quantitative estimate of drug-likeness (QED) is 0.685. The number of nitrogens with one attached hydrogen (secondary N) is 1. The Hall–Kier alpha value is -2.49. The largest absolute Gasteiger partial charge is 0.508 e. The first-order chi connectivity index (χ1) is 9.13. The SMILES string of the molecule is CC1Nc2ccc(O)cc2N=C1c1ccc(O)cc1. The van der Waals surface area contributed by atoms with E-state index in [1.54, 1.807) is 24.3 Å². The number of phenols is 2. The second-order valence-electron chi connectivity index (χ2n) is 4.61. The van der Waals surface area contributed by atoms with Crippen LogP contribution < -0.4 is 5.32 Å². The van der Waals surface area contributed by atoms with E-state index in [2.05, 4.69) is 10.3 Å². The summed E-state index contributed by atoms with van der Waals surface area (Å²) < 4.78 is 0. The summed E-state index contributed by atoms with van der Waals surface area (Å²) in [4.78, 5) is 4.60. The van der Waals surface area contributed by atoms with Crippen LogP contribution in [0, 0.1) is 0 Å². The van der Waals surface area contributed by atoms with Crippen LogP contribution in [0.3, 0.4) is 0 Å². The molecule has 0 aromatic heterocycles. The molecule has 96 valence electrons. The van der Waals surface area contributed by atoms with Crippen LogP contribution in [0.5, 0.6) is 11.5 Å². The molecule has 0 saturated carbocycles. The standard InChI is InChI=1S/C15H14N2O2/c1-9-15(10-2-4-11(18)5-3-10)17-14-8-12(19)6-7-13(14)16-9/h2-9,16,18-19H,1H3. The van der Waals surface area contributed by atoms with Crippen LogP contribution in [0.4, 0.5) is 11.4 Å². The summed E-state index contributed by atoms with van der Waals surface area (Å²) in [6.07, 6.45) is 0. The highest BCUT2D eigenvalue weighted by atomic mass is 16.3. The Bertz CT molecular complexity index is 648. The van der Waals surface area contributed by atoms with E-state index in [1.165, 1.54) is 0 Å². The third kappa shape index (κ3) is 2.12. The monoisotopic (exact) mass is 254 g/mol. The van der Waals surface area contributed by atoms with E-state index in [0.29, 0.717) is 0 Å². The number of hydrogen-bond donors (Lipinski definition) is 3. The molecule has 3 N–H and O–H groups in total. The van der Waals surface area contributed by atoms with Gasteiger partial charge in [0.2, 0.25) is 0 Å². The molecular weight excluding hydrogens is 240 g/mol. The topological polar surface area (TPSA) is 64.8 Å². The lowest BCUT2D eigenvalue weighted by atomic mass is 10.0. The highest BCUT2D eigenvalue weighted by molar-refractivity contribution is 6.09. The number of fused-ring (bicyclic) bond motifs is 1. The van der Waals surface area contributed by atoms with E-state index >= 15 is 0 Å². The molecular formula is C15H14N2O2. The molecule has 0 radical (unpaired) electrons. The molecule has 4 heteroatoms. The molecule has 0 aliphatic carbocycles. The Morgan fingerprint density at radius 2 is 1.68 bits per heavy atom. The zero-order chi connectivity index (χ0) is 13.4. The first-order valence-corrected chi connectivity index (χ1v) is 6.11. The summed E-state index contributed by atoms with van der Waals surface area (Å²) >= 11 is 0. The number of aliphatic imine (C=N–C) groups is 1. The summed E-state index contributed by atoms with van der Waals surface area (Å²) in [5.74, 6) is 0.433. The number of phenolic OH excluding ortho intramolecular Hbond substituents is 2. The van der Waals surface area contributed by atoms with Crippen molar-refractivity contribution in [2.45, 2.75) is 13.0 Å². The maximum Gasteiger partial charge on any atom is 0.117 e. The van der Waals surface area contributed by atoms with Crippen molar-refractivity contribution in [2.75, 3.05) is 5.32 Å². The molecule has 3 rings (SSSR count). The van der Waals surface area contributed by atoms with Gasteiger partial charge in [0.15, 0.2) is 0 Å². The number of aromatic hydroxyl groups is 2. The molecule has 1 atom stereocenters. The van der Waals surface area contributed by atoms with Crippen LogP contribution in [0.1, 0.15) is 12.5 Å². The molecule has 19 heavy (non-hydrogen) atoms. The Morgan fingerprint density at radius 3 is 2.42 bits per heavy atom. The molecule has 2 aromatic carbocycles. The number of benzene rings is 2. The normalized spacial score (nSPS) is 17.3. The minimum absolute atomic E-state index is 0.0709. The zero-order valence-electron chi connectivity index (χ0n) is 10.5. The van der Waals surface area contributed by atoms with Gasteiger partial charge in [-0.3, -0.25) is 0 Å². The van der Waals surface area contributed by atoms with Crippen molar-refractivity contribution in [1.29, 1.82) is 0 Å². The number of nitrogens with zero attached hydrogens (tertiary/aromatic N) is 1. The van der Waals surface area contributed by atoms with E-state index in [-0.39, 0.29) is 17.5 Å². The zero-order valence-corrected chi connectivity index (χ0v) is 10.5. The number of hydrogen-bond acceptors (Lipinski definition) is 4. The van der Waals surface area contributed by atoms with Gasteiger partial charge in [0, 0.05) is 6.07 Å². The van der Waals surface area contributed by atoms with Crippen molar-refractivity contribution in [3.63, 3.8) is 0 Å². The molecule has 2 aromatic rings. The van der Waals surface area contributed by atoms with Crippen LogP contribution in [0.2, 0.25) is 0 Å². The molecule has 1 heterocycles. The third-order valence-corrected chi connectivity index (χ3v) is 3.17. The smallest absolute Gasteiger partial charge is 0.117 e. The van der Waals surface area contributed by atoms with Crippen molar-refractivity contribution < 1.29 is 10.2 Å². The van der Waals surface area contributed by atoms with Gasteiger partial charge in [0.05, 0.1) is 23.1 Å². The Kier molecular flexibility index (Phi) is 2.63. The highest BCUT2D eigenvalue weighted by Crippen LogP contribution is 2.34. The minimum Gasteiger partial charge on any atom is -0.508 e. The fourth-order valence-electron chi connectivity index (χ4n) is 2.21. The van der Waals surface area contributed by atoms with Gasteiger partial charge in [-0.05, 0) is 48.9 Å². The third-order valence-electron chi connectivity index (χ3n) is 3.17. The second-order valence-corrected chi connectivity index (χ2v) is 4.61. The van der Waals surface area contributed by atoms with Gasteiger partial charge in [0.1, 0.15) is 11.5 Å². The Labute approximate surface area is 111 Å². The molecule has 0 spiro atoms. The molecule has 0 saturated heterocycles. The number of rotatable bonds is 1. The predicted molar refractivity (Wildman–Crippen MR) is 75.5 cm³/mol. The summed E-state index contributed by atoms with van der Waals surface area (Å²) in [5.41, 5.74) is 3.47. The molecule has 0 amide bonds. The van der Waals surface area contributed by atoms with Gasteiger partial charge in [0.25, 0.3) is 0 Å². The minimum atomic E-state index is 0.0709. The second kappa shape index (κ2) is 4.31. The van der Waals surface area contributed by atoms with E-state index in [4.69, 9.17) is 0 Å². The summed E-state index contributed by atoms with van der Waals surface area (Å²) in [6.45, 7) is 2.03. The lowest BCUT2D eigenvalue weighted by Crippen LogP contribution is -2.29. The lowest BCUT2D eigenvalue weighted by Gasteiger charge is -2.24. The van der Waals surface area contributed by atoms with E-state index < -0.39 is 0 Å². The average Bonchev–Trinajstić information content (AvgIpc) is 2.40. The van der Waals surface area contributed by atoms with E-state index in [9.17, 15) is 10.2 Å². The molecule has 0 bridgehead atoms. The van der Waals surface area contributed by atoms with Crippen LogP contribution in [0.25, 0.3) is 0 Å². The summed E-state index contributed by atoms with van der Waals surface area (Å²) in [6, 6.07) is 12.1. The lowest BCUT2D eigenvalue weighted by molar-refractivity contribution is 0.475. The molecule has 0 fully saturated rings. The van der Waals surface area contributed by atoms with Crippen molar-refractivity contribution in [3.8, 4) is 11.5 Å². The Balaban J connectivity index is 2.08. The maximum absolute atomic E-state index is 9.52. The Morgan fingerprint density at radius 1 is 1.00 bits per heavy atom. The summed E-state index contributed by atoms with van der Waals surface area (Å²) in [5, 5.41) is 22.2. The van der Waals surface area contributed by atoms with Gasteiger partial charge in [-0.25, -0.2) is 4.99 Å². The molecule has 4 nitrogen and oxygen atoms in total. The fourth-order valence-corrected chi connectivity index (χ4v) is 2.21. The average molecular weight is 254 g/mol.